The van der Waals surface area contributed by atoms with Crippen LogP contribution in [0.1, 0.15) is 119 Å². The molecule has 1 heterocycles. The second-order valence-electron chi connectivity index (χ2n) is 14.3. The lowest BCUT2D eigenvalue weighted by atomic mass is 9.80. The van der Waals surface area contributed by atoms with E-state index < -0.39 is 41.8 Å². The highest BCUT2D eigenvalue weighted by atomic mass is 32.2. The number of Topliss-reactive ketones (excluding diaryl/α,β-unsaturated/α-hetero) is 1. The van der Waals surface area contributed by atoms with Crippen LogP contribution in [0.3, 0.4) is 0 Å². The summed E-state index contributed by atoms with van der Waals surface area (Å²) in [6, 6.07) is 6.96. The topological polar surface area (TPSA) is 154 Å². The van der Waals surface area contributed by atoms with Crippen LogP contribution in [0.5, 0.6) is 0 Å². The Hall–Kier alpha value is -3.12. The van der Waals surface area contributed by atoms with Crippen molar-refractivity contribution in [3.05, 3.63) is 30.3 Å². The number of carbonyl (C=O) groups is 5. The normalized spacial score (nSPS) is 19.3. The third-order valence-electron chi connectivity index (χ3n) is 9.76. The molecule has 1 aromatic rings. The van der Waals surface area contributed by atoms with Crippen LogP contribution in [0, 0.1) is 17.8 Å². The molecule has 5 amide bonds. The van der Waals surface area contributed by atoms with Crippen molar-refractivity contribution in [3.63, 3.8) is 0 Å². The Morgan fingerprint density at radius 2 is 1.51 bits per heavy atom. The Labute approximate surface area is 311 Å². The van der Waals surface area contributed by atoms with Gasteiger partial charge in [-0.15, -0.1) is 0 Å². The molecule has 1 aromatic carbocycles. The summed E-state index contributed by atoms with van der Waals surface area (Å²) in [6.07, 6.45) is 10.4. The number of carbonyl (C=O) groups excluding carboxylic acids is 5. The number of likely N-dealkylation sites (N-methyl/N-ethyl adjacent to an activating group) is 1. The van der Waals surface area contributed by atoms with Crippen LogP contribution in [0.2, 0.25) is 0 Å². The van der Waals surface area contributed by atoms with Gasteiger partial charge in [-0.1, -0.05) is 105 Å². The number of likely N-dealkylation sites (tertiary alicyclic amines) is 1. The Morgan fingerprint density at radius 1 is 0.882 bits per heavy atom. The third kappa shape index (κ3) is 14.4. The number of amides is 5. The predicted molar refractivity (Wildman–Crippen MR) is 206 cm³/mol. The van der Waals surface area contributed by atoms with Gasteiger partial charge in [0.2, 0.25) is 17.6 Å². The molecule has 1 saturated heterocycles. The Balaban J connectivity index is 0.00000171. The number of hydrogen-bond donors (Lipinski definition) is 4. The maximum absolute atomic E-state index is 14.2. The van der Waals surface area contributed by atoms with Crippen LogP contribution in [0.15, 0.2) is 35.2 Å². The lowest BCUT2D eigenvalue weighted by molar-refractivity contribution is -0.143. The molecule has 51 heavy (non-hydrogen) atoms. The zero-order valence-corrected chi connectivity index (χ0v) is 33.1. The number of urea groups is 1. The number of hydrogen-bond acceptors (Lipinski definition) is 7. The van der Waals surface area contributed by atoms with Gasteiger partial charge < -0.3 is 26.6 Å². The largest absolute Gasteiger partial charge is 0.363 e. The first-order chi connectivity index (χ1) is 24.4. The van der Waals surface area contributed by atoms with E-state index in [0.717, 1.165) is 56.3 Å². The number of ketones is 1. The molecule has 4 atom stereocenters. The van der Waals surface area contributed by atoms with Crippen LogP contribution in [-0.2, 0) is 19.2 Å². The summed E-state index contributed by atoms with van der Waals surface area (Å²) in [4.78, 5) is 68.3. The second-order valence-corrected chi connectivity index (χ2v) is 15.6. The molecule has 288 valence electrons. The van der Waals surface area contributed by atoms with Crippen molar-refractivity contribution >= 4 is 41.5 Å². The zero-order valence-electron chi connectivity index (χ0n) is 32.2. The quantitative estimate of drug-likeness (QED) is 0.126. The van der Waals surface area contributed by atoms with Crippen LogP contribution in [0.4, 0.5) is 4.79 Å². The maximum Gasteiger partial charge on any atom is 0.315 e. The fraction of sp³-hybridized carbons (Fsp3) is 0.718. The zero-order chi connectivity index (χ0) is 37.9. The van der Waals surface area contributed by atoms with E-state index in [1.165, 1.54) is 6.42 Å². The van der Waals surface area contributed by atoms with Gasteiger partial charge in [-0.05, 0) is 81.0 Å². The number of nitrogens with zero attached hydrogens (tertiary/aromatic N) is 2. The number of primary amides is 1. The molecule has 0 spiro atoms. The molecule has 5 N–H and O–H groups in total. The fourth-order valence-corrected chi connectivity index (χ4v) is 7.69. The highest BCUT2D eigenvalue weighted by Gasteiger charge is 2.42. The van der Waals surface area contributed by atoms with Crippen LogP contribution >= 0.6 is 11.9 Å². The first kappa shape index (κ1) is 44.0. The van der Waals surface area contributed by atoms with Gasteiger partial charge in [0.05, 0.1) is 6.04 Å². The van der Waals surface area contributed by atoms with Crippen molar-refractivity contribution in [3.8, 4) is 0 Å². The molecule has 0 bridgehead atoms. The van der Waals surface area contributed by atoms with Gasteiger partial charge in [0.1, 0.15) is 12.1 Å². The van der Waals surface area contributed by atoms with E-state index in [1.807, 2.05) is 51.2 Å². The van der Waals surface area contributed by atoms with E-state index in [9.17, 15) is 24.0 Å². The van der Waals surface area contributed by atoms with E-state index in [4.69, 9.17) is 5.73 Å². The number of nitrogens with one attached hydrogen (secondary N) is 3. The van der Waals surface area contributed by atoms with E-state index in [1.54, 1.807) is 16.8 Å². The molecule has 0 radical (unpaired) electrons. The summed E-state index contributed by atoms with van der Waals surface area (Å²) in [5, 5.41) is 8.92. The summed E-state index contributed by atoms with van der Waals surface area (Å²) >= 11 is 1.61. The Bertz CT molecular complexity index is 1220. The summed E-state index contributed by atoms with van der Waals surface area (Å²) in [6.45, 7) is 13.4. The molecule has 2 saturated carbocycles. The summed E-state index contributed by atoms with van der Waals surface area (Å²) in [7, 11) is 1.99. The van der Waals surface area contributed by atoms with Gasteiger partial charge in [-0.3, -0.25) is 19.2 Å². The van der Waals surface area contributed by atoms with E-state index in [2.05, 4.69) is 48.0 Å². The third-order valence-corrected chi connectivity index (χ3v) is 10.7. The molecule has 4 unspecified atom stereocenters. The summed E-state index contributed by atoms with van der Waals surface area (Å²) in [5.74, 6) is -2.21. The minimum atomic E-state index is -1.07. The second kappa shape index (κ2) is 23.4. The van der Waals surface area contributed by atoms with Crippen molar-refractivity contribution < 1.29 is 24.0 Å². The van der Waals surface area contributed by atoms with Crippen LogP contribution in [0.25, 0.3) is 0 Å². The fourth-order valence-electron chi connectivity index (χ4n) is 6.81. The molecule has 3 fully saturated rings. The molecular formula is C39H66N6O5S. The highest BCUT2D eigenvalue weighted by Crippen LogP contribution is 2.32. The van der Waals surface area contributed by atoms with Crippen molar-refractivity contribution in [2.75, 3.05) is 20.1 Å². The monoisotopic (exact) mass is 730 g/mol. The minimum Gasteiger partial charge on any atom is -0.363 e. The smallest absolute Gasteiger partial charge is 0.315 e. The van der Waals surface area contributed by atoms with Crippen molar-refractivity contribution in [2.24, 2.45) is 23.5 Å². The SMILES string of the molecule is CC.CC(C)C(CN(C)Sc1ccccc1)NC(=O)NC(C(=O)N1CCCC1C(=O)NC(CC1CCC1)C(=O)C(N)=O)C1CCCCC1.CCC. The lowest BCUT2D eigenvalue weighted by Crippen LogP contribution is -2.60. The van der Waals surface area contributed by atoms with Crippen molar-refractivity contribution in [2.45, 2.75) is 148 Å². The standard InChI is InChI=1S/C34H52N6O5S.C3H8.C2H6/c1-22(2)27(21-39(3)46-25-16-8-5-9-17-25)37-34(45)38-29(24-14-6-4-7-15-24)33(44)40-19-11-18-28(40)32(43)36-26(30(41)31(35)42)20-23-12-10-13-23;1-3-2;1-2/h5,8-9,16-17,22-24,26-29H,4,6-7,10-15,18-21H2,1-3H3,(H2,35,42)(H,36,43)(H2,37,38,45);3H2,1-2H3;1-2H3. The molecule has 3 aliphatic rings. The number of rotatable bonds is 15. The molecule has 11 nitrogen and oxygen atoms in total. The van der Waals surface area contributed by atoms with Gasteiger partial charge in [0.25, 0.3) is 5.91 Å². The van der Waals surface area contributed by atoms with Crippen molar-refractivity contribution in [1.82, 2.24) is 25.2 Å². The Morgan fingerprint density at radius 3 is 2.06 bits per heavy atom. The highest BCUT2D eigenvalue weighted by molar-refractivity contribution is 7.97. The molecular weight excluding hydrogens is 665 g/mol. The Kier molecular flexibility index (Phi) is 20.2. The average molecular weight is 731 g/mol. The van der Waals surface area contributed by atoms with Gasteiger partial charge in [0.15, 0.2) is 0 Å². The molecule has 4 rings (SSSR count). The minimum absolute atomic E-state index is 0.0343. The average Bonchev–Trinajstić information content (AvgIpc) is 3.60. The van der Waals surface area contributed by atoms with E-state index in [0.29, 0.717) is 32.4 Å². The first-order valence-electron chi connectivity index (χ1n) is 19.4. The first-order valence-corrected chi connectivity index (χ1v) is 20.2. The van der Waals surface area contributed by atoms with Gasteiger partial charge in [-0.2, -0.15) is 0 Å². The summed E-state index contributed by atoms with van der Waals surface area (Å²) in [5.41, 5.74) is 5.31. The van der Waals surface area contributed by atoms with Crippen LogP contribution < -0.4 is 21.7 Å². The van der Waals surface area contributed by atoms with Gasteiger partial charge >= 0.3 is 6.03 Å². The maximum atomic E-state index is 14.2. The summed E-state index contributed by atoms with van der Waals surface area (Å²) < 4.78 is 2.10. The molecule has 1 aliphatic heterocycles. The van der Waals surface area contributed by atoms with Crippen LogP contribution in [-0.4, -0.2) is 83.0 Å². The van der Waals surface area contributed by atoms with E-state index >= 15 is 0 Å². The van der Waals surface area contributed by atoms with Gasteiger partial charge in [-0.25, -0.2) is 9.10 Å². The predicted octanol–water partition coefficient (Wildman–Crippen LogP) is 6.06. The molecule has 2 aliphatic carbocycles. The lowest BCUT2D eigenvalue weighted by Gasteiger charge is -2.36. The number of nitrogens with two attached hydrogens (primary N) is 1. The number of benzene rings is 1. The van der Waals surface area contributed by atoms with Crippen molar-refractivity contribution in [1.29, 1.82) is 0 Å². The molecule has 12 heteroatoms. The van der Waals surface area contributed by atoms with Gasteiger partial charge in [0, 0.05) is 24.0 Å². The van der Waals surface area contributed by atoms with E-state index in [-0.39, 0.29) is 29.7 Å². The molecule has 0 aromatic heterocycles.